The predicted octanol–water partition coefficient (Wildman–Crippen LogP) is -2.43. The second-order valence-corrected chi connectivity index (χ2v) is 22.1. The van der Waals surface area contributed by atoms with Gasteiger partial charge in [0.05, 0.1) is 0 Å². The minimum absolute atomic E-state index is 0. The van der Waals surface area contributed by atoms with Crippen molar-refractivity contribution < 1.29 is 57.7 Å². The van der Waals surface area contributed by atoms with Crippen LogP contribution in [0.15, 0.2) is 87.3 Å². The third-order valence-corrected chi connectivity index (χ3v) is 18.7. The number of aryl methyl sites for hydroxylation is 3. The van der Waals surface area contributed by atoms with Crippen molar-refractivity contribution >= 4 is 36.9 Å². The van der Waals surface area contributed by atoms with Crippen LogP contribution in [0.5, 0.6) is 0 Å². The summed E-state index contributed by atoms with van der Waals surface area (Å²) in [4.78, 5) is 0. The van der Waals surface area contributed by atoms with Gasteiger partial charge in [0, 0.05) is 0 Å². The first-order valence-corrected chi connectivity index (χ1v) is 19.4. The monoisotopic (exact) mass is 646 g/mol. The van der Waals surface area contributed by atoms with E-state index in [1.807, 2.05) is 0 Å². The van der Waals surface area contributed by atoms with Gasteiger partial charge in [0.15, 0.2) is 0 Å². The standard InChI is InChI=1S/C33H41Si2.3ClH.Ti/c1-23-19-30(34(8,9)10)21-31(20-23)35(29-17-12-11-13-18-29,32-24(2)15-14-16-25(32)3)33(7)22-26(4)27(5)28(33)6;;;;/h11-21H,1-10H3;3*1H;/q;;;;+3/p-3. The second-order valence-electron chi connectivity index (χ2n) is 12.1. The molecule has 4 rings (SSSR count). The van der Waals surface area contributed by atoms with Crippen LogP contribution >= 0.6 is 0 Å². The first kappa shape index (κ1) is 36.2. The summed E-state index contributed by atoms with van der Waals surface area (Å²) in [5.41, 5.74) is 8.74. The fourth-order valence-corrected chi connectivity index (χ4v) is 16.3. The van der Waals surface area contributed by atoms with Crippen LogP contribution in [0.25, 0.3) is 0 Å². The SMILES string of the molecule is CC1=C(C)C(C)([Si](c2ccccc2)(c2cc(C)cc([Si](C)(C)C)c2)c2c(C)cccc2C)[C]([Ti+3])=C1C.[Cl-].[Cl-].[Cl-]. The summed E-state index contributed by atoms with van der Waals surface area (Å²) in [6, 6.07) is 26.1. The van der Waals surface area contributed by atoms with Gasteiger partial charge in [-0.1, -0.05) is 0 Å². The maximum atomic E-state index is 2.64. The van der Waals surface area contributed by atoms with Gasteiger partial charge < -0.3 is 37.2 Å². The maximum absolute atomic E-state index is 2.65. The average Bonchev–Trinajstić information content (AvgIpc) is 2.97. The summed E-state index contributed by atoms with van der Waals surface area (Å²) >= 11 is 2.42. The number of rotatable bonds is 5. The van der Waals surface area contributed by atoms with Gasteiger partial charge in [-0.3, -0.25) is 0 Å². The molecule has 3 aromatic carbocycles. The van der Waals surface area contributed by atoms with Gasteiger partial charge >= 0.3 is 234 Å². The average molecular weight is 648 g/mol. The summed E-state index contributed by atoms with van der Waals surface area (Å²) in [5.74, 6) is 0. The molecule has 6 heteroatoms. The van der Waals surface area contributed by atoms with Crippen LogP contribution in [-0.2, 0) is 20.4 Å². The molecule has 0 fully saturated rings. The van der Waals surface area contributed by atoms with E-state index in [1.165, 1.54) is 33.0 Å². The Kier molecular flexibility index (Phi) is 12.1. The molecule has 1 aliphatic rings. The van der Waals surface area contributed by atoms with Crippen molar-refractivity contribution in [3.63, 3.8) is 0 Å². The van der Waals surface area contributed by atoms with E-state index < -0.39 is 16.1 Å². The van der Waals surface area contributed by atoms with Crippen LogP contribution in [0.2, 0.25) is 24.7 Å². The molecule has 0 amide bonds. The molecule has 2 unspecified atom stereocenters. The molecule has 2 atom stereocenters. The van der Waals surface area contributed by atoms with E-state index in [9.17, 15) is 0 Å². The summed E-state index contributed by atoms with van der Waals surface area (Å²) in [7, 11) is -4.18. The molecule has 0 aromatic heterocycles. The molecule has 0 saturated heterocycles. The van der Waals surface area contributed by atoms with Crippen molar-refractivity contribution in [1.82, 2.24) is 0 Å². The van der Waals surface area contributed by atoms with Crippen molar-refractivity contribution in [3.8, 4) is 0 Å². The Morgan fingerprint density at radius 2 is 1.13 bits per heavy atom. The summed E-state index contributed by atoms with van der Waals surface area (Å²) in [6.07, 6.45) is 0. The Labute approximate surface area is 269 Å². The molecule has 0 spiro atoms. The number of halogens is 3. The number of hydrogen-bond acceptors (Lipinski definition) is 0. The van der Waals surface area contributed by atoms with Gasteiger partial charge in [-0.15, -0.1) is 0 Å². The van der Waals surface area contributed by atoms with Gasteiger partial charge in [-0.05, 0) is 0 Å². The van der Waals surface area contributed by atoms with Crippen molar-refractivity contribution in [1.29, 1.82) is 0 Å². The Morgan fingerprint density at radius 1 is 0.615 bits per heavy atom. The first-order chi connectivity index (χ1) is 16.8. The van der Waals surface area contributed by atoms with Gasteiger partial charge in [0.2, 0.25) is 0 Å². The topological polar surface area (TPSA) is 0 Å². The van der Waals surface area contributed by atoms with Crippen molar-refractivity contribution in [3.05, 3.63) is 104 Å². The van der Waals surface area contributed by atoms with E-state index in [0.717, 1.165) is 0 Å². The van der Waals surface area contributed by atoms with Gasteiger partial charge in [-0.25, -0.2) is 0 Å². The molecule has 206 valence electrons. The van der Waals surface area contributed by atoms with E-state index in [0.29, 0.717) is 0 Å². The predicted molar refractivity (Wildman–Crippen MR) is 161 cm³/mol. The van der Waals surface area contributed by atoms with Crippen LogP contribution in [0.1, 0.15) is 44.4 Å². The molecule has 0 N–H and O–H groups in total. The third kappa shape index (κ3) is 5.65. The normalized spacial score (nSPS) is 18.7. The van der Waals surface area contributed by atoms with E-state index in [2.05, 4.69) is 155 Å². The zero-order valence-electron chi connectivity index (χ0n) is 25.0. The van der Waals surface area contributed by atoms with Crippen LogP contribution < -0.4 is 58.0 Å². The molecule has 0 heterocycles. The fraction of sp³-hybridized carbons (Fsp3) is 0.333. The summed E-state index contributed by atoms with van der Waals surface area (Å²) < 4.78 is 1.55. The van der Waals surface area contributed by atoms with Crippen LogP contribution in [0.3, 0.4) is 0 Å². The summed E-state index contributed by atoms with van der Waals surface area (Å²) in [5, 5.41) is 6.16. The number of benzene rings is 3. The minimum Gasteiger partial charge on any atom is -1.00 e. The molecule has 0 bridgehead atoms. The smallest absolute Gasteiger partial charge is 1.00 e. The second kappa shape index (κ2) is 13.0. The van der Waals surface area contributed by atoms with E-state index in [-0.39, 0.29) is 42.3 Å². The molecule has 1 aliphatic carbocycles. The molecule has 0 saturated carbocycles. The summed E-state index contributed by atoms with van der Waals surface area (Å²) in [6.45, 7) is 24.1. The molecule has 39 heavy (non-hydrogen) atoms. The zero-order valence-corrected chi connectivity index (χ0v) is 30.8. The molecule has 0 radical (unpaired) electrons. The molecule has 3 aromatic rings. The molecular weight excluding hydrogens is 607 g/mol. The van der Waals surface area contributed by atoms with E-state index >= 15 is 0 Å². The zero-order chi connectivity index (χ0) is 26.6. The van der Waals surface area contributed by atoms with E-state index in [1.54, 1.807) is 25.0 Å². The van der Waals surface area contributed by atoms with Gasteiger partial charge in [0.25, 0.3) is 0 Å². The number of allylic oxidation sites excluding steroid dienone is 4. The maximum Gasteiger partial charge on any atom is -1.00 e. The van der Waals surface area contributed by atoms with Gasteiger partial charge in [0.1, 0.15) is 0 Å². The molecular formula is C33H41Cl3Si2Ti. The Morgan fingerprint density at radius 3 is 1.59 bits per heavy atom. The number of hydrogen-bond donors (Lipinski definition) is 0. The quantitative estimate of drug-likeness (QED) is 0.214. The van der Waals surface area contributed by atoms with Crippen molar-refractivity contribution in [2.75, 3.05) is 0 Å². The first-order valence-electron chi connectivity index (χ1n) is 13.1. The molecule has 0 aliphatic heterocycles. The van der Waals surface area contributed by atoms with Crippen molar-refractivity contribution in [2.24, 2.45) is 0 Å². The van der Waals surface area contributed by atoms with Gasteiger partial charge in [-0.2, -0.15) is 0 Å². The Bertz CT molecular complexity index is 1360. The van der Waals surface area contributed by atoms with Crippen molar-refractivity contribution in [2.45, 2.75) is 73.1 Å². The Hall–Kier alpha value is -0.842. The van der Waals surface area contributed by atoms with Crippen LogP contribution in [-0.4, -0.2) is 16.1 Å². The minimum atomic E-state index is -2.65. The van der Waals surface area contributed by atoms with Crippen LogP contribution in [0.4, 0.5) is 0 Å². The van der Waals surface area contributed by atoms with E-state index in [4.69, 9.17) is 0 Å². The third-order valence-electron chi connectivity index (χ3n) is 8.94. The molecule has 0 nitrogen and oxygen atoms in total. The Balaban J connectivity index is 0.00000253. The largest absolute Gasteiger partial charge is 1.00 e. The van der Waals surface area contributed by atoms with Crippen LogP contribution in [0, 0.1) is 20.8 Å². The fourth-order valence-electron chi connectivity index (χ4n) is 6.68.